The van der Waals surface area contributed by atoms with Crippen molar-refractivity contribution in [1.29, 1.82) is 5.26 Å². The van der Waals surface area contributed by atoms with Crippen molar-refractivity contribution in [3.8, 4) is 6.07 Å². The molecule has 0 unspecified atom stereocenters. The first-order valence-electron chi connectivity index (χ1n) is 8.18. The molecule has 26 heavy (non-hydrogen) atoms. The molecule has 8 nitrogen and oxygen atoms in total. The Morgan fingerprint density at radius 3 is 2.62 bits per heavy atom. The largest absolute Gasteiger partial charge is 0.476 e. The Morgan fingerprint density at radius 2 is 2.00 bits per heavy atom. The summed E-state index contributed by atoms with van der Waals surface area (Å²) >= 11 is 0. The fourth-order valence-corrected chi connectivity index (χ4v) is 2.88. The summed E-state index contributed by atoms with van der Waals surface area (Å²) in [5.74, 6) is -0.689. The van der Waals surface area contributed by atoms with Gasteiger partial charge >= 0.3 is 5.97 Å². The van der Waals surface area contributed by atoms with Crippen LogP contribution in [0.2, 0.25) is 0 Å². The Bertz CT molecular complexity index is 852. The highest BCUT2D eigenvalue weighted by molar-refractivity contribution is 5.92. The van der Waals surface area contributed by atoms with Crippen LogP contribution < -0.4 is 10.2 Å². The van der Waals surface area contributed by atoms with E-state index in [9.17, 15) is 9.59 Å². The predicted octanol–water partition coefficient (Wildman–Crippen LogP) is 1.90. The summed E-state index contributed by atoms with van der Waals surface area (Å²) in [5.41, 5.74) is 1.02. The quantitative estimate of drug-likeness (QED) is 0.863. The zero-order chi connectivity index (χ0) is 18.5. The number of hydrogen-bond donors (Lipinski definition) is 2. The summed E-state index contributed by atoms with van der Waals surface area (Å²) in [7, 11) is 0. The first kappa shape index (κ1) is 17.4. The average molecular weight is 351 g/mol. The summed E-state index contributed by atoms with van der Waals surface area (Å²) in [6.45, 7) is 1.27. The highest BCUT2D eigenvalue weighted by Crippen LogP contribution is 2.23. The number of carbonyl (C=O) groups excluding carboxylic acids is 1. The van der Waals surface area contributed by atoms with Gasteiger partial charge in [0.1, 0.15) is 5.82 Å². The molecule has 1 aromatic heterocycles. The molecule has 8 heteroatoms. The second kappa shape index (κ2) is 7.61. The monoisotopic (exact) mass is 351 g/mol. The van der Waals surface area contributed by atoms with Crippen LogP contribution in [-0.2, 0) is 4.79 Å². The number of nitrogens with zero attached hydrogens (tertiary/aromatic N) is 4. The van der Waals surface area contributed by atoms with Gasteiger partial charge in [-0.05, 0) is 31.0 Å². The van der Waals surface area contributed by atoms with Crippen molar-refractivity contribution >= 4 is 23.4 Å². The Balaban J connectivity index is 1.56. The molecule has 0 saturated carbocycles. The SMILES string of the molecule is N#Cc1cccc(NC(=O)C2CCN(c3cnc(C(=O)O)cn3)CC2)c1. The van der Waals surface area contributed by atoms with Crippen molar-refractivity contribution in [2.75, 3.05) is 23.3 Å². The van der Waals surface area contributed by atoms with Gasteiger partial charge in [-0.25, -0.2) is 14.8 Å². The Morgan fingerprint density at radius 1 is 1.23 bits per heavy atom. The van der Waals surface area contributed by atoms with Crippen LogP contribution in [-0.4, -0.2) is 40.0 Å². The van der Waals surface area contributed by atoms with Gasteiger partial charge in [0.05, 0.1) is 24.0 Å². The summed E-state index contributed by atoms with van der Waals surface area (Å²) in [6, 6.07) is 8.87. The molecule has 3 rings (SSSR count). The van der Waals surface area contributed by atoms with Crippen molar-refractivity contribution in [2.45, 2.75) is 12.8 Å². The molecule has 1 saturated heterocycles. The first-order chi connectivity index (χ1) is 12.6. The second-order valence-corrected chi connectivity index (χ2v) is 6.01. The van der Waals surface area contributed by atoms with E-state index in [1.807, 2.05) is 11.0 Å². The van der Waals surface area contributed by atoms with Crippen LogP contribution in [0.4, 0.5) is 11.5 Å². The van der Waals surface area contributed by atoms with E-state index in [1.165, 1.54) is 12.4 Å². The van der Waals surface area contributed by atoms with Gasteiger partial charge < -0.3 is 15.3 Å². The molecule has 2 N–H and O–H groups in total. The fraction of sp³-hybridized carbons (Fsp3) is 0.278. The van der Waals surface area contributed by atoms with Gasteiger partial charge in [0.25, 0.3) is 0 Å². The van der Waals surface area contributed by atoms with Gasteiger partial charge in [0, 0.05) is 24.7 Å². The van der Waals surface area contributed by atoms with Gasteiger partial charge in [-0.15, -0.1) is 0 Å². The molecule has 2 aromatic rings. The molecule has 0 aliphatic carbocycles. The smallest absolute Gasteiger partial charge is 0.356 e. The molecular weight excluding hydrogens is 334 g/mol. The maximum atomic E-state index is 12.4. The molecular formula is C18H17N5O3. The molecule has 0 radical (unpaired) electrons. The number of benzene rings is 1. The molecule has 1 aromatic carbocycles. The molecule has 2 heterocycles. The number of aromatic carboxylic acids is 1. The van der Waals surface area contributed by atoms with Gasteiger partial charge in [-0.3, -0.25) is 4.79 Å². The Kier molecular flexibility index (Phi) is 5.08. The van der Waals surface area contributed by atoms with Gasteiger partial charge in [-0.1, -0.05) is 6.07 Å². The van der Waals surface area contributed by atoms with E-state index in [2.05, 4.69) is 15.3 Å². The van der Waals surface area contributed by atoms with Crippen LogP contribution in [0.15, 0.2) is 36.7 Å². The minimum Gasteiger partial charge on any atom is -0.476 e. The zero-order valence-electron chi connectivity index (χ0n) is 13.9. The van der Waals surface area contributed by atoms with E-state index in [0.717, 1.165) is 0 Å². The van der Waals surface area contributed by atoms with E-state index < -0.39 is 5.97 Å². The van der Waals surface area contributed by atoms with Gasteiger partial charge in [0.2, 0.25) is 5.91 Å². The molecule has 1 aliphatic rings. The van der Waals surface area contributed by atoms with Crippen LogP contribution in [0.25, 0.3) is 0 Å². The molecule has 0 bridgehead atoms. The third-order valence-electron chi connectivity index (χ3n) is 4.31. The van der Waals surface area contributed by atoms with E-state index in [4.69, 9.17) is 10.4 Å². The molecule has 0 spiro atoms. The first-order valence-corrected chi connectivity index (χ1v) is 8.18. The topological polar surface area (TPSA) is 119 Å². The fourth-order valence-electron chi connectivity index (χ4n) is 2.88. The van der Waals surface area contributed by atoms with Crippen molar-refractivity contribution in [3.05, 3.63) is 47.9 Å². The Hall–Kier alpha value is -3.47. The van der Waals surface area contributed by atoms with Crippen molar-refractivity contribution < 1.29 is 14.7 Å². The van der Waals surface area contributed by atoms with Gasteiger partial charge in [0.15, 0.2) is 5.69 Å². The highest BCUT2D eigenvalue weighted by Gasteiger charge is 2.26. The molecule has 132 valence electrons. The number of nitriles is 1. The minimum atomic E-state index is -1.11. The number of amides is 1. The lowest BCUT2D eigenvalue weighted by Gasteiger charge is -2.31. The summed E-state index contributed by atoms with van der Waals surface area (Å²) in [4.78, 5) is 33.2. The van der Waals surface area contributed by atoms with Crippen molar-refractivity contribution in [2.24, 2.45) is 5.92 Å². The van der Waals surface area contributed by atoms with E-state index >= 15 is 0 Å². The highest BCUT2D eigenvalue weighted by atomic mass is 16.4. The normalized spacial score (nSPS) is 14.5. The maximum absolute atomic E-state index is 12.4. The molecule has 1 amide bonds. The van der Waals surface area contributed by atoms with E-state index in [1.54, 1.807) is 24.3 Å². The number of anilines is 2. The number of carbonyl (C=O) groups is 2. The van der Waals surface area contributed by atoms with Crippen LogP contribution in [0.5, 0.6) is 0 Å². The molecule has 0 atom stereocenters. The standard InChI is InChI=1S/C18H17N5O3/c19-9-12-2-1-3-14(8-12)22-17(24)13-4-6-23(7-5-13)16-11-20-15(10-21-16)18(25)26/h1-3,8,10-11,13H,4-7H2,(H,22,24)(H,25,26). The lowest BCUT2D eigenvalue weighted by molar-refractivity contribution is -0.120. The number of carboxylic acid groups (broad SMARTS) is 1. The predicted molar refractivity (Wildman–Crippen MR) is 93.7 cm³/mol. The number of aromatic nitrogens is 2. The lowest BCUT2D eigenvalue weighted by Crippen LogP contribution is -2.38. The number of rotatable bonds is 4. The van der Waals surface area contributed by atoms with Crippen LogP contribution in [0.1, 0.15) is 28.9 Å². The van der Waals surface area contributed by atoms with Gasteiger partial charge in [-0.2, -0.15) is 5.26 Å². The molecule has 1 aliphatic heterocycles. The summed E-state index contributed by atoms with van der Waals surface area (Å²) in [6.07, 6.45) is 3.99. The van der Waals surface area contributed by atoms with Crippen molar-refractivity contribution in [3.63, 3.8) is 0 Å². The second-order valence-electron chi connectivity index (χ2n) is 6.01. The molecule has 1 fully saturated rings. The number of hydrogen-bond acceptors (Lipinski definition) is 6. The number of piperidine rings is 1. The zero-order valence-corrected chi connectivity index (χ0v) is 13.9. The van der Waals surface area contributed by atoms with E-state index in [-0.39, 0.29) is 17.5 Å². The minimum absolute atomic E-state index is 0.0629. The average Bonchev–Trinajstić information content (AvgIpc) is 2.68. The van der Waals surface area contributed by atoms with E-state index in [0.29, 0.717) is 43.0 Å². The third-order valence-corrected chi connectivity index (χ3v) is 4.31. The summed E-state index contributed by atoms with van der Waals surface area (Å²) in [5, 5.41) is 20.6. The number of nitrogens with one attached hydrogen (secondary N) is 1. The van der Waals surface area contributed by atoms with Crippen LogP contribution >= 0.6 is 0 Å². The summed E-state index contributed by atoms with van der Waals surface area (Å²) < 4.78 is 0. The Labute approximate surface area is 150 Å². The lowest BCUT2D eigenvalue weighted by atomic mass is 9.96. The van der Waals surface area contributed by atoms with Crippen LogP contribution in [0.3, 0.4) is 0 Å². The third kappa shape index (κ3) is 3.95. The maximum Gasteiger partial charge on any atom is 0.356 e. The number of carboxylic acids is 1. The van der Waals surface area contributed by atoms with Crippen LogP contribution in [0, 0.1) is 17.2 Å². The van der Waals surface area contributed by atoms with Crippen molar-refractivity contribution in [1.82, 2.24) is 9.97 Å².